The number of fused-ring (bicyclic) bond motifs is 18. The molecular weight excluding hydrogens is 1270 g/mol. The number of hydrogen-bond acceptors (Lipinski definition) is 2. The van der Waals surface area contributed by atoms with Crippen molar-refractivity contribution in [1.82, 2.24) is 18.3 Å². The van der Waals surface area contributed by atoms with E-state index in [1.165, 1.54) is 183 Å². The van der Waals surface area contributed by atoms with Gasteiger partial charge in [-0.1, -0.05) is 243 Å². The van der Waals surface area contributed by atoms with Gasteiger partial charge in [0.05, 0.1) is 44.1 Å². The minimum Gasteiger partial charge on any atom is -0.309 e. The van der Waals surface area contributed by atoms with Gasteiger partial charge in [-0.3, -0.25) is 0 Å². The van der Waals surface area contributed by atoms with Crippen LogP contribution in [-0.2, 0) is 0 Å². The molecular formula is C96H60N4S2. The van der Waals surface area contributed by atoms with Gasteiger partial charge in [-0.05, 0) is 166 Å². The van der Waals surface area contributed by atoms with Crippen LogP contribution in [0.2, 0.25) is 0 Å². The van der Waals surface area contributed by atoms with Crippen LogP contribution in [0, 0.1) is 0 Å². The lowest BCUT2D eigenvalue weighted by Gasteiger charge is -2.12. The van der Waals surface area contributed by atoms with Gasteiger partial charge in [0.1, 0.15) is 0 Å². The summed E-state index contributed by atoms with van der Waals surface area (Å²) >= 11 is 3.75. The van der Waals surface area contributed by atoms with Gasteiger partial charge >= 0.3 is 0 Å². The van der Waals surface area contributed by atoms with Crippen LogP contribution in [0.25, 0.3) is 195 Å². The quantitative estimate of drug-likeness (QED) is 0.144. The number of thiophene rings is 2. The number of benzene rings is 16. The van der Waals surface area contributed by atoms with Crippen molar-refractivity contribution in [3.63, 3.8) is 0 Å². The number of rotatable bonds is 8. The van der Waals surface area contributed by atoms with Crippen molar-refractivity contribution in [2.45, 2.75) is 0 Å². The van der Waals surface area contributed by atoms with E-state index in [1.54, 1.807) is 0 Å². The van der Waals surface area contributed by atoms with Crippen LogP contribution in [-0.4, -0.2) is 18.3 Å². The summed E-state index contributed by atoms with van der Waals surface area (Å²) in [6, 6.07) is 133. The third-order valence-corrected chi connectivity index (χ3v) is 23.4. The molecule has 6 heterocycles. The molecule has 4 nitrogen and oxygen atoms in total. The SMILES string of the molecule is c1cc(-c2ccc(-c3ccc4sc5ccccc5c4c3)cc2)cc(-n2c3ccccc3c3cc(-n4c5ccccc5c5ccccc54)ccc32)c1.c1cc(-c2ccc(-c3cccc4c3sc3ccccc34)cc2)cc(-n2c3ccccc3c3cc(-n4c5ccccc5c5ccccc54)ccc32)c1. The first-order valence-electron chi connectivity index (χ1n) is 34.9. The van der Waals surface area contributed by atoms with Crippen molar-refractivity contribution in [1.29, 1.82) is 0 Å². The second kappa shape index (κ2) is 23.4. The van der Waals surface area contributed by atoms with Gasteiger partial charge in [0, 0.05) is 106 Å². The van der Waals surface area contributed by atoms with Crippen LogP contribution in [0.4, 0.5) is 0 Å². The normalized spacial score (nSPS) is 11.9. The van der Waals surface area contributed by atoms with Crippen LogP contribution in [0.1, 0.15) is 0 Å². The zero-order valence-electron chi connectivity index (χ0n) is 55.2. The molecule has 0 aliphatic carbocycles. The highest BCUT2D eigenvalue weighted by molar-refractivity contribution is 7.26. The molecule has 0 N–H and O–H groups in total. The molecule has 0 radical (unpaired) electrons. The Kier molecular flexibility index (Phi) is 13.3. The molecule has 0 bridgehead atoms. The van der Waals surface area contributed by atoms with E-state index in [9.17, 15) is 0 Å². The molecule has 0 aliphatic rings. The highest BCUT2D eigenvalue weighted by Crippen LogP contribution is 2.44. The Balaban J connectivity index is 0.000000133. The number of nitrogens with zero attached hydrogens (tertiary/aromatic N) is 4. The molecule has 476 valence electrons. The summed E-state index contributed by atoms with van der Waals surface area (Å²) in [5.41, 5.74) is 24.2. The number of hydrogen-bond donors (Lipinski definition) is 0. The maximum Gasteiger partial charge on any atom is 0.0542 e. The van der Waals surface area contributed by atoms with Crippen molar-refractivity contribution in [3.8, 4) is 67.3 Å². The first-order chi connectivity index (χ1) is 50.6. The lowest BCUT2D eigenvalue weighted by Crippen LogP contribution is -1.96. The lowest BCUT2D eigenvalue weighted by molar-refractivity contribution is 1.17. The molecule has 6 aromatic heterocycles. The molecule has 0 saturated carbocycles. The molecule has 0 fully saturated rings. The molecule has 22 rings (SSSR count). The van der Waals surface area contributed by atoms with E-state index in [2.05, 4.69) is 382 Å². The van der Waals surface area contributed by atoms with E-state index in [-0.39, 0.29) is 0 Å². The average molecular weight is 1330 g/mol. The first kappa shape index (κ1) is 58.2. The largest absolute Gasteiger partial charge is 0.309 e. The summed E-state index contributed by atoms with van der Waals surface area (Å²) in [6.45, 7) is 0. The zero-order valence-corrected chi connectivity index (χ0v) is 56.9. The molecule has 0 saturated heterocycles. The summed E-state index contributed by atoms with van der Waals surface area (Å²) in [5.74, 6) is 0. The van der Waals surface area contributed by atoms with Crippen molar-refractivity contribution in [2.24, 2.45) is 0 Å². The number of aromatic nitrogens is 4. The van der Waals surface area contributed by atoms with Gasteiger partial charge in [-0.15, -0.1) is 22.7 Å². The Hall–Kier alpha value is -12.8. The highest BCUT2D eigenvalue weighted by atomic mass is 32.1. The monoisotopic (exact) mass is 1330 g/mol. The summed E-state index contributed by atoms with van der Waals surface area (Å²) in [5, 5.41) is 15.4. The maximum atomic E-state index is 2.42. The van der Waals surface area contributed by atoms with Crippen molar-refractivity contribution in [2.75, 3.05) is 0 Å². The Labute approximate surface area is 595 Å². The Morgan fingerprint density at radius 1 is 0.157 bits per heavy atom. The van der Waals surface area contributed by atoms with Gasteiger partial charge in [0.25, 0.3) is 0 Å². The molecule has 102 heavy (non-hydrogen) atoms. The van der Waals surface area contributed by atoms with Crippen LogP contribution in [0.15, 0.2) is 364 Å². The molecule has 0 spiro atoms. The van der Waals surface area contributed by atoms with Crippen LogP contribution in [0.3, 0.4) is 0 Å². The molecule has 0 amide bonds. The summed E-state index contributed by atoms with van der Waals surface area (Å²) < 4.78 is 15.0. The standard InChI is InChI=1S/2C48H30N2S/c1-5-19-43-37(13-1)38-14-2-6-20-44(38)50(43)35-27-28-46-42(30-35)39-15-3-7-21-45(39)49(46)34-12-9-11-33(29-34)31-23-25-32(26-24-31)36-17-10-18-41-40-16-4-8-22-47(40)51-48(36)41;1-5-16-43-37(12-1)38-13-2-6-17-44(38)50(43)36-25-26-46-41(30-36)39-14-3-7-18-45(39)49(46)35-11-9-10-33(28-35)31-20-22-32(23-21-31)34-24-27-48-42(29-34)40-15-4-8-19-47(40)51-48/h2*1-30H. The minimum absolute atomic E-state index is 1.15. The Morgan fingerprint density at radius 2 is 0.461 bits per heavy atom. The van der Waals surface area contributed by atoms with E-state index in [0.29, 0.717) is 0 Å². The fourth-order valence-corrected chi connectivity index (χ4v) is 18.7. The highest BCUT2D eigenvalue weighted by Gasteiger charge is 2.21. The van der Waals surface area contributed by atoms with Gasteiger partial charge in [-0.25, -0.2) is 0 Å². The fraction of sp³-hybridized carbons (Fsp3) is 0. The topological polar surface area (TPSA) is 19.7 Å². The Morgan fingerprint density at radius 3 is 0.902 bits per heavy atom. The zero-order chi connectivity index (χ0) is 66.9. The van der Waals surface area contributed by atoms with E-state index >= 15 is 0 Å². The van der Waals surface area contributed by atoms with Gasteiger partial charge in [0.15, 0.2) is 0 Å². The predicted molar refractivity (Wildman–Crippen MR) is 438 cm³/mol. The van der Waals surface area contributed by atoms with Gasteiger partial charge in [-0.2, -0.15) is 0 Å². The van der Waals surface area contributed by atoms with E-state index in [0.717, 1.165) is 11.4 Å². The maximum absolute atomic E-state index is 2.42. The predicted octanol–water partition coefficient (Wildman–Crippen LogP) is 27.2. The van der Waals surface area contributed by atoms with Crippen molar-refractivity contribution in [3.05, 3.63) is 364 Å². The van der Waals surface area contributed by atoms with Crippen LogP contribution >= 0.6 is 22.7 Å². The second-order valence-electron chi connectivity index (χ2n) is 26.7. The third-order valence-electron chi connectivity index (χ3n) is 21.1. The van der Waals surface area contributed by atoms with E-state index in [4.69, 9.17) is 0 Å². The molecule has 0 unspecified atom stereocenters. The number of para-hydroxylation sites is 6. The van der Waals surface area contributed by atoms with Gasteiger partial charge in [0.2, 0.25) is 0 Å². The minimum atomic E-state index is 1.15. The fourth-order valence-electron chi connectivity index (χ4n) is 16.4. The molecule has 0 aliphatic heterocycles. The average Bonchev–Trinajstić information content (AvgIpc) is 1.58. The molecule has 0 atom stereocenters. The second-order valence-corrected chi connectivity index (χ2v) is 28.8. The first-order valence-corrected chi connectivity index (χ1v) is 36.5. The molecule has 22 aromatic rings. The Bertz CT molecular complexity index is 7010. The van der Waals surface area contributed by atoms with Crippen LogP contribution in [0.5, 0.6) is 0 Å². The van der Waals surface area contributed by atoms with Crippen LogP contribution < -0.4 is 0 Å². The van der Waals surface area contributed by atoms with Crippen molar-refractivity contribution < 1.29 is 0 Å². The van der Waals surface area contributed by atoms with Crippen molar-refractivity contribution >= 4 is 150 Å². The van der Waals surface area contributed by atoms with E-state index in [1.807, 2.05) is 22.7 Å². The van der Waals surface area contributed by atoms with E-state index < -0.39 is 0 Å². The summed E-state index contributed by atoms with van der Waals surface area (Å²) in [4.78, 5) is 0. The van der Waals surface area contributed by atoms with Gasteiger partial charge < -0.3 is 18.3 Å². The summed E-state index contributed by atoms with van der Waals surface area (Å²) in [7, 11) is 0. The molecule has 6 heteroatoms. The third kappa shape index (κ3) is 9.27. The lowest BCUT2D eigenvalue weighted by atomic mass is 9.99. The molecule has 16 aromatic carbocycles. The summed E-state index contributed by atoms with van der Waals surface area (Å²) in [6.07, 6.45) is 0. The smallest absolute Gasteiger partial charge is 0.0542 e.